The SMILES string of the molecule is CC1CC(C(=O)O)C(c2nc3cnccc3n2C)C1. The third kappa shape index (κ3) is 1.89. The van der Waals surface area contributed by atoms with Crippen molar-refractivity contribution < 1.29 is 9.90 Å². The molecule has 0 aromatic carbocycles. The van der Waals surface area contributed by atoms with Gasteiger partial charge in [-0.1, -0.05) is 6.92 Å². The van der Waals surface area contributed by atoms with Gasteiger partial charge in [0.2, 0.25) is 0 Å². The lowest BCUT2D eigenvalue weighted by Gasteiger charge is -2.15. The van der Waals surface area contributed by atoms with E-state index in [1.54, 1.807) is 12.4 Å². The summed E-state index contributed by atoms with van der Waals surface area (Å²) in [6.45, 7) is 2.11. The lowest BCUT2D eigenvalue weighted by atomic mass is 9.95. The molecule has 0 amide bonds. The molecule has 0 radical (unpaired) electrons. The zero-order chi connectivity index (χ0) is 13.6. The van der Waals surface area contributed by atoms with Crippen LogP contribution in [0.2, 0.25) is 0 Å². The summed E-state index contributed by atoms with van der Waals surface area (Å²) in [6, 6.07) is 1.92. The Balaban J connectivity index is 2.08. The van der Waals surface area contributed by atoms with E-state index in [4.69, 9.17) is 0 Å². The fourth-order valence-electron chi connectivity index (χ4n) is 3.25. The van der Waals surface area contributed by atoms with E-state index in [2.05, 4.69) is 16.9 Å². The third-order valence-corrected chi connectivity index (χ3v) is 4.16. The molecule has 1 saturated carbocycles. The lowest BCUT2D eigenvalue weighted by Crippen LogP contribution is -2.19. The van der Waals surface area contributed by atoms with Crippen molar-refractivity contribution in [2.75, 3.05) is 0 Å². The molecule has 0 saturated heterocycles. The van der Waals surface area contributed by atoms with E-state index in [1.165, 1.54) is 0 Å². The number of hydrogen-bond donors (Lipinski definition) is 1. The Hall–Kier alpha value is -1.91. The largest absolute Gasteiger partial charge is 0.481 e. The molecular formula is C14H17N3O2. The molecule has 5 heteroatoms. The first-order valence-corrected chi connectivity index (χ1v) is 6.57. The van der Waals surface area contributed by atoms with Crippen molar-refractivity contribution >= 4 is 17.0 Å². The number of carboxylic acid groups (broad SMARTS) is 1. The van der Waals surface area contributed by atoms with Crippen LogP contribution in [0.15, 0.2) is 18.5 Å². The summed E-state index contributed by atoms with van der Waals surface area (Å²) in [4.78, 5) is 20.1. The van der Waals surface area contributed by atoms with E-state index in [-0.39, 0.29) is 11.8 Å². The van der Waals surface area contributed by atoms with Gasteiger partial charge in [0.05, 0.1) is 17.6 Å². The highest BCUT2D eigenvalue weighted by molar-refractivity contribution is 5.76. The molecular weight excluding hydrogens is 242 g/mol. The minimum Gasteiger partial charge on any atom is -0.481 e. The first kappa shape index (κ1) is 12.1. The van der Waals surface area contributed by atoms with Crippen LogP contribution in [0.5, 0.6) is 0 Å². The van der Waals surface area contributed by atoms with Crippen LogP contribution in [0.3, 0.4) is 0 Å². The molecule has 1 N–H and O–H groups in total. The van der Waals surface area contributed by atoms with Gasteiger partial charge < -0.3 is 9.67 Å². The molecule has 2 heterocycles. The molecule has 1 aliphatic rings. The van der Waals surface area contributed by atoms with Gasteiger partial charge in [-0.05, 0) is 24.8 Å². The number of rotatable bonds is 2. The van der Waals surface area contributed by atoms with Crippen LogP contribution in [0, 0.1) is 11.8 Å². The van der Waals surface area contributed by atoms with E-state index in [0.717, 1.165) is 29.7 Å². The monoisotopic (exact) mass is 259 g/mol. The summed E-state index contributed by atoms with van der Waals surface area (Å²) >= 11 is 0. The van der Waals surface area contributed by atoms with Crippen LogP contribution in [0.25, 0.3) is 11.0 Å². The smallest absolute Gasteiger partial charge is 0.307 e. The number of carboxylic acids is 1. The summed E-state index contributed by atoms with van der Waals surface area (Å²) in [5.41, 5.74) is 1.84. The molecule has 3 rings (SSSR count). The second kappa shape index (κ2) is 4.33. The van der Waals surface area contributed by atoms with Gasteiger partial charge in [0.15, 0.2) is 0 Å². The molecule has 5 nitrogen and oxygen atoms in total. The van der Waals surface area contributed by atoms with E-state index < -0.39 is 5.97 Å². The molecule has 100 valence electrons. The molecule has 1 fully saturated rings. The highest BCUT2D eigenvalue weighted by Crippen LogP contribution is 2.43. The molecule has 0 aliphatic heterocycles. The van der Waals surface area contributed by atoms with Gasteiger partial charge in [0.1, 0.15) is 11.3 Å². The average Bonchev–Trinajstić information content (AvgIpc) is 2.91. The van der Waals surface area contributed by atoms with Crippen molar-refractivity contribution in [2.24, 2.45) is 18.9 Å². The fourth-order valence-corrected chi connectivity index (χ4v) is 3.25. The Morgan fingerprint density at radius 2 is 2.26 bits per heavy atom. The van der Waals surface area contributed by atoms with Crippen molar-refractivity contribution in [1.82, 2.24) is 14.5 Å². The van der Waals surface area contributed by atoms with E-state index in [9.17, 15) is 9.90 Å². The van der Waals surface area contributed by atoms with Crippen molar-refractivity contribution in [3.05, 3.63) is 24.3 Å². The summed E-state index contributed by atoms with van der Waals surface area (Å²) < 4.78 is 2.01. The number of carbonyl (C=O) groups is 1. The maximum atomic E-state index is 11.4. The third-order valence-electron chi connectivity index (χ3n) is 4.16. The highest BCUT2D eigenvalue weighted by atomic mass is 16.4. The molecule has 3 atom stereocenters. The van der Waals surface area contributed by atoms with Crippen LogP contribution in [0.4, 0.5) is 0 Å². The van der Waals surface area contributed by atoms with Crippen molar-refractivity contribution in [2.45, 2.75) is 25.7 Å². The highest BCUT2D eigenvalue weighted by Gasteiger charge is 2.40. The Bertz CT molecular complexity index is 635. The standard InChI is InChI=1S/C14H17N3O2/c1-8-5-9(10(6-8)14(18)19)13-16-11-7-15-4-3-12(11)17(13)2/h3-4,7-10H,5-6H2,1-2H3,(H,18,19). The maximum Gasteiger partial charge on any atom is 0.307 e. The van der Waals surface area contributed by atoms with Crippen LogP contribution in [-0.4, -0.2) is 25.6 Å². The van der Waals surface area contributed by atoms with Crippen molar-refractivity contribution in [3.63, 3.8) is 0 Å². The fraction of sp³-hybridized carbons (Fsp3) is 0.500. The number of hydrogen-bond acceptors (Lipinski definition) is 3. The minimum absolute atomic E-state index is 0.00454. The summed E-state index contributed by atoms with van der Waals surface area (Å²) in [6.07, 6.45) is 5.09. The Kier molecular flexibility index (Phi) is 2.77. The molecule has 1 aliphatic carbocycles. The number of pyridine rings is 1. The van der Waals surface area contributed by atoms with E-state index in [0.29, 0.717) is 5.92 Å². The molecule has 2 aromatic heterocycles. The van der Waals surface area contributed by atoms with Crippen LogP contribution >= 0.6 is 0 Å². The second-order valence-corrected chi connectivity index (χ2v) is 5.52. The second-order valence-electron chi connectivity index (χ2n) is 5.52. The van der Waals surface area contributed by atoms with E-state index in [1.807, 2.05) is 17.7 Å². The number of aliphatic carboxylic acids is 1. The molecule has 0 spiro atoms. The van der Waals surface area contributed by atoms with Crippen LogP contribution in [0.1, 0.15) is 31.5 Å². The topological polar surface area (TPSA) is 68.0 Å². The van der Waals surface area contributed by atoms with Crippen LogP contribution in [-0.2, 0) is 11.8 Å². The molecule has 0 bridgehead atoms. The van der Waals surface area contributed by atoms with Crippen molar-refractivity contribution in [3.8, 4) is 0 Å². The Morgan fingerprint density at radius 1 is 1.47 bits per heavy atom. The van der Waals surface area contributed by atoms with Gasteiger partial charge >= 0.3 is 5.97 Å². The summed E-state index contributed by atoms with van der Waals surface area (Å²) in [7, 11) is 1.95. The average molecular weight is 259 g/mol. The van der Waals surface area contributed by atoms with Gasteiger partial charge in [-0.3, -0.25) is 9.78 Å². The molecule has 19 heavy (non-hydrogen) atoms. The quantitative estimate of drug-likeness (QED) is 0.897. The van der Waals surface area contributed by atoms with Crippen LogP contribution < -0.4 is 0 Å². The zero-order valence-corrected chi connectivity index (χ0v) is 11.1. The number of imidazole rings is 1. The lowest BCUT2D eigenvalue weighted by molar-refractivity contribution is -0.142. The molecule has 2 aromatic rings. The number of nitrogens with zero attached hydrogens (tertiary/aromatic N) is 3. The number of fused-ring (bicyclic) bond motifs is 1. The molecule has 3 unspecified atom stereocenters. The summed E-state index contributed by atoms with van der Waals surface area (Å²) in [5.74, 6) is 0.284. The first-order chi connectivity index (χ1) is 9.08. The van der Waals surface area contributed by atoms with Gasteiger partial charge in [0, 0.05) is 19.2 Å². The summed E-state index contributed by atoms with van der Waals surface area (Å²) in [5, 5.41) is 9.38. The van der Waals surface area contributed by atoms with Gasteiger partial charge in [0.25, 0.3) is 0 Å². The minimum atomic E-state index is -0.709. The Morgan fingerprint density at radius 3 is 2.95 bits per heavy atom. The number of aryl methyl sites for hydroxylation is 1. The predicted octanol–water partition coefficient (Wildman–Crippen LogP) is 2.18. The normalized spacial score (nSPS) is 26.9. The van der Waals surface area contributed by atoms with Crippen molar-refractivity contribution in [1.29, 1.82) is 0 Å². The van der Waals surface area contributed by atoms with Gasteiger partial charge in [-0.25, -0.2) is 4.98 Å². The van der Waals surface area contributed by atoms with Gasteiger partial charge in [-0.2, -0.15) is 0 Å². The Labute approximate surface area is 111 Å². The predicted molar refractivity (Wildman–Crippen MR) is 70.8 cm³/mol. The maximum absolute atomic E-state index is 11.4. The number of aromatic nitrogens is 3. The first-order valence-electron chi connectivity index (χ1n) is 6.57. The van der Waals surface area contributed by atoms with Gasteiger partial charge in [-0.15, -0.1) is 0 Å². The van der Waals surface area contributed by atoms with E-state index >= 15 is 0 Å². The zero-order valence-electron chi connectivity index (χ0n) is 11.1.